The Morgan fingerprint density at radius 2 is 2.22 bits per heavy atom. The molecule has 0 saturated heterocycles. The third-order valence-corrected chi connectivity index (χ3v) is 2.26. The molecular formula is C8H17N. The minimum atomic E-state index is 0.150. The Labute approximate surface area is 57.6 Å². The Bertz CT molecular complexity index is 96.7. The van der Waals surface area contributed by atoms with Crippen molar-refractivity contribution >= 4 is 0 Å². The Morgan fingerprint density at radius 3 is 2.56 bits per heavy atom. The number of nitrogens with two attached hydrogens (primary N) is 1. The molecule has 1 fully saturated rings. The van der Waals surface area contributed by atoms with E-state index in [0.717, 1.165) is 5.92 Å². The van der Waals surface area contributed by atoms with Crippen molar-refractivity contribution in [3.63, 3.8) is 0 Å². The van der Waals surface area contributed by atoms with E-state index >= 15 is 0 Å². The Kier molecular flexibility index (Phi) is 1.80. The van der Waals surface area contributed by atoms with Gasteiger partial charge in [0.05, 0.1) is 0 Å². The van der Waals surface area contributed by atoms with E-state index in [1.807, 2.05) is 0 Å². The molecular weight excluding hydrogens is 110 g/mol. The zero-order valence-corrected chi connectivity index (χ0v) is 6.48. The zero-order chi connectivity index (χ0) is 6.91. The monoisotopic (exact) mass is 127 g/mol. The van der Waals surface area contributed by atoms with Gasteiger partial charge in [0, 0.05) is 5.54 Å². The quantitative estimate of drug-likeness (QED) is 0.528. The molecule has 1 saturated carbocycles. The second-order valence-corrected chi connectivity index (χ2v) is 3.86. The van der Waals surface area contributed by atoms with Gasteiger partial charge in [-0.2, -0.15) is 0 Å². The van der Waals surface area contributed by atoms with Crippen molar-refractivity contribution in [2.24, 2.45) is 11.7 Å². The van der Waals surface area contributed by atoms with Crippen LogP contribution in [0, 0.1) is 5.92 Å². The number of hydrogen-bond donors (Lipinski definition) is 1. The fourth-order valence-electron chi connectivity index (χ4n) is 1.85. The summed E-state index contributed by atoms with van der Waals surface area (Å²) in [5, 5.41) is 0. The molecule has 0 bridgehead atoms. The molecule has 2 atom stereocenters. The predicted molar refractivity (Wildman–Crippen MR) is 40.2 cm³/mol. The van der Waals surface area contributed by atoms with Crippen LogP contribution >= 0.6 is 0 Å². The highest BCUT2D eigenvalue weighted by molar-refractivity contribution is 4.84. The summed E-state index contributed by atoms with van der Waals surface area (Å²) in [4.78, 5) is 0. The molecule has 0 aromatic rings. The Balaban J connectivity index is 2.41. The van der Waals surface area contributed by atoms with Crippen LogP contribution in [0.25, 0.3) is 0 Å². The summed E-state index contributed by atoms with van der Waals surface area (Å²) >= 11 is 0. The highest BCUT2D eigenvalue weighted by Gasteiger charge is 2.25. The van der Waals surface area contributed by atoms with Gasteiger partial charge in [0.15, 0.2) is 0 Å². The molecule has 1 nitrogen and oxygen atoms in total. The van der Waals surface area contributed by atoms with Crippen molar-refractivity contribution in [2.45, 2.75) is 45.1 Å². The van der Waals surface area contributed by atoms with Crippen LogP contribution in [-0.2, 0) is 0 Å². The average molecular weight is 127 g/mol. The lowest BCUT2D eigenvalue weighted by molar-refractivity contribution is 0.256. The van der Waals surface area contributed by atoms with Gasteiger partial charge < -0.3 is 5.73 Å². The molecule has 1 rings (SSSR count). The molecule has 2 N–H and O–H groups in total. The maximum Gasteiger partial charge on any atom is 0.0128 e. The highest BCUT2D eigenvalue weighted by Crippen LogP contribution is 2.29. The SMILES string of the molecule is C[C@H]1CCC[C@@](C)(N)C1. The second kappa shape index (κ2) is 2.30. The van der Waals surface area contributed by atoms with Crippen molar-refractivity contribution in [1.29, 1.82) is 0 Å². The Hall–Kier alpha value is -0.0400. The van der Waals surface area contributed by atoms with Gasteiger partial charge in [-0.1, -0.05) is 19.8 Å². The average Bonchev–Trinajstić information content (AvgIpc) is 1.60. The van der Waals surface area contributed by atoms with Crippen LogP contribution in [0.2, 0.25) is 0 Å². The third-order valence-electron chi connectivity index (χ3n) is 2.26. The molecule has 9 heavy (non-hydrogen) atoms. The summed E-state index contributed by atoms with van der Waals surface area (Å²) in [6.07, 6.45) is 5.14. The summed E-state index contributed by atoms with van der Waals surface area (Å²) < 4.78 is 0. The molecule has 0 spiro atoms. The van der Waals surface area contributed by atoms with E-state index in [1.165, 1.54) is 25.7 Å². The summed E-state index contributed by atoms with van der Waals surface area (Å²) in [5.74, 6) is 0.855. The molecule has 0 unspecified atom stereocenters. The van der Waals surface area contributed by atoms with Crippen molar-refractivity contribution in [1.82, 2.24) is 0 Å². The maximum absolute atomic E-state index is 5.97. The number of rotatable bonds is 0. The van der Waals surface area contributed by atoms with E-state index < -0.39 is 0 Å². The molecule has 54 valence electrons. The van der Waals surface area contributed by atoms with E-state index in [1.54, 1.807) is 0 Å². The third kappa shape index (κ3) is 1.98. The van der Waals surface area contributed by atoms with Gasteiger partial charge >= 0.3 is 0 Å². The Morgan fingerprint density at radius 1 is 1.56 bits per heavy atom. The minimum absolute atomic E-state index is 0.150. The van der Waals surface area contributed by atoms with Crippen molar-refractivity contribution < 1.29 is 0 Å². The van der Waals surface area contributed by atoms with E-state index in [2.05, 4.69) is 13.8 Å². The summed E-state index contributed by atoms with van der Waals surface area (Å²) in [6.45, 7) is 4.47. The van der Waals surface area contributed by atoms with E-state index in [4.69, 9.17) is 5.73 Å². The fourth-order valence-corrected chi connectivity index (χ4v) is 1.85. The summed E-state index contributed by atoms with van der Waals surface area (Å²) in [5.41, 5.74) is 6.12. The zero-order valence-electron chi connectivity index (χ0n) is 6.48. The fraction of sp³-hybridized carbons (Fsp3) is 1.00. The van der Waals surface area contributed by atoms with Gasteiger partial charge in [-0.15, -0.1) is 0 Å². The van der Waals surface area contributed by atoms with Gasteiger partial charge in [-0.3, -0.25) is 0 Å². The molecule has 0 amide bonds. The molecule has 0 aliphatic heterocycles. The molecule has 1 aliphatic carbocycles. The lowest BCUT2D eigenvalue weighted by Gasteiger charge is -2.33. The van der Waals surface area contributed by atoms with Crippen molar-refractivity contribution in [3.8, 4) is 0 Å². The largest absolute Gasteiger partial charge is 0.325 e. The first-order chi connectivity index (χ1) is 4.10. The highest BCUT2D eigenvalue weighted by atomic mass is 14.7. The topological polar surface area (TPSA) is 26.0 Å². The minimum Gasteiger partial charge on any atom is -0.325 e. The van der Waals surface area contributed by atoms with Gasteiger partial charge in [-0.05, 0) is 25.7 Å². The lowest BCUT2D eigenvalue weighted by atomic mass is 9.78. The van der Waals surface area contributed by atoms with Gasteiger partial charge in [-0.25, -0.2) is 0 Å². The standard InChI is InChI=1S/C8H17N/c1-7-4-3-5-8(2,9)6-7/h7H,3-6,9H2,1-2H3/t7-,8+/m0/s1. The predicted octanol–water partition coefficient (Wildman–Crippen LogP) is 1.91. The first-order valence-corrected chi connectivity index (χ1v) is 3.89. The van der Waals surface area contributed by atoms with E-state index in [-0.39, 0.29) is 5.54 Å². The van der Waals surface area contributed by atoms with Crippen LogP contribution in [0.15, 0.2) is 0 Å². The summed E-state index contributed by atoms with van der Waals surface area (Å²) in [7, 11) is 0. The van der Waals surface area contributed by atoms with Crippen LogP contribution in [0.1, 0.15) is 39.5 Å². The van der Waals surface area contributed by atoms with Crippen molar-refractivity contribution in [2.75, 3.05) is 0 Å². The first kappa shape index (κ1) is 7.07. The normalized spacial score (nSPS) is 45.0. The smallest absolute Gasteiger partial charge is 0.0128 e. The van der Waals surface area contributed by atoms with E-state index in [0.29, 0.717) is 0 Å². The van der Waals surface area contributed by atoms with Gasteiger partial charge in [0.1, 0.15) is 0 Å². The van der Waals surface area contributed by atoms with Crippen LogP contribution in [-0.4, -0.2) is 5.54 Å². The number of hydrogen-bond acceptors (Lipinski definition) is 1. The van der Waals surface area contributed by atoms with Crippen LogP contribution in [0.3, 0.4) is 0 Å². The van der Waals surface area contributed by atoms with E-state index in [9.17, 15) is 0 Å². The molecule has 1 heteroatoms. The molecule has 0 aromatic heterocycles. The summed E-state index contributed by atoms with van der Waals surface area (Å²) in [6, 6.07) is 0. The van der Waals surface area contributed by atoms with Crippen LogP contribution in [0.4, 0.5) is 0 Å². The maximum atomic E-state index is 5.97. The lowest BCUT2D eigenvalue weighted by Crippen LogP contribution is -2.40. The first-order valence-electron chi connectivity index (χ1n) is 3.89. The molecule has 0 heterocycles. The second-order valence-electron chi connectivity index (χ2n) is 3.86. The van der Waals surface area contributed by atoms with Gasteiger partial charge in [0.25, 0.3) is 0 Å². The van der Waals surface area contributed by atoms with Gasteiger partial charge in [0.2, 0.25) is 0 Å². The molecule has 0 radical (unpaired) electrons. The molecule has 1 aliphatic rings. The van der Waals surface area contributed by atoms with Crippen LogP contribution in [0.5, 0.6) is 0 Å². The van der Waals surface area contributed by atoms with Crippen LogP contribution < -0.4 is 5.73 Å². The van der Waals surface area contributed by atoms with Crippen molar-refractivity contribution in [3.05, 3.63) is 0 Å². The molecule has 0 aromatic carbocycles.